The largest absolute Gasteiger partial charge is 0.371 e. The third-order valence-electron chi connectivity index (χ3n) is 3.64. The maximum Gasteiger partial charge on any atom is 0.115 e. The average Bonchev–Trinajstić information content (AvgIpc) is 2.63. The smallest absolute Gasteiger partial charge is 0.115 e. The van der Waals surface area contributed by atoms with E-state index in [1.54, 1.807) is 12.4 Å². The van der Waals surface area contributed by atoms with Crippen molar-refractivity contribution in [1.82, 2.24) is 9.97 Å². The molecule has 0 amide bonds. The van der Waals surface area contributed by atoms with Crippen LogP contribution in [0, 0.1) is 0 Å². The van der Waals surface area contributed by atoms with Crippen molar-refractivity contribution < 1.29 is 4.74 Å². The van der Waals surface area contributed by atoms with Crippen LogP contribution in [0.15, 0.2) is 78.9 Å². The molecule has 1 aromatic heterocycles. The molecule has 0 radical (unpaired) electrons. The van der Waals surface area contributed by atoms with Crippen molar-refractivity contribution in [3.63, 3.8) is 0 Å². The first kappa shape index (κ1) is 16.4. The number of benzene rings is 2. The van der Waals surface area contributed by atoms with Crippen LogP contribution in [0.1, 0.15) is 5.56 Å². The van der Waals surface area contributed by atoms with Crippen LogP contribution in [0.25, 0.3) is 22.3 Å². The molecular formula is C20H17ClN2O. The zero-order valence-electron chi connectivity index (χ0n) is 13.2. The normalized spacial score (nSPS) is 10.5. The van der Waals surface area contributed by atoms with Gasteiger partial charge in [0.2, 0.25) is 0 Å². The van der Waals surface area contributed by atoms with E-state index in [9.17, 15) is 0 Å². The summed E-state index contributed by atoms with van der Waals surface area (Å²) in [5, 5.41) is 0.483. The van der Waals surface area contributed by atoms with Crippen molar-refractivity contribution >= 4 is 11.6 Å². The second-order valence-corrected chi connectivity index (χ2v) is 5.87. The first-order valence-electron chi connectivity index (χ1n) is 7.59. The molecule has 0 saturated heterocycles. The van der Waals surface area contributed by atoms with E-state index in [1.807, 2.05) is 24.3 Å². The van der Waals surface area contributed by atoms with Crippen LogP contribution in [0.2, 0.25) is 0 Å². The van der Waals surface area contributed by atoms with Crippen LogP contribution in [-0.4, -0.2) is 16.6 Å². The van der Waals surface area contributed by atoms with Gasteiger partial charge in [0.15, 0.2) is 0 Å². The Kier molecular flexibility index (Phi) is 5.36. The number of hydrogen-bond donors (Lipinski definition) is 0. The lowest BCUT2D eigenvalue weighted by molar-refractivity contribution is 0.147. The molecule has 0 bridgehead atoms. The highest BCUT2D eigenvalue weighted by Gasteiger charge is 2.12. The standard InChI is InChI=1S/C20H17ClN2O/c1-15(21)12-24-13-20-18(16-6-3-2-4-7-16)8-5-9-19(20)17-10-22-14-23-11-17/h2-11,14H,1,12-13H2. The van der Waals surface area contributed by atoms with Crippen LogP contribution in [0.3, 0.4) is 0 Å². The molecule has 0 saturated carbocycles. The minimum atomic E-state index is 0.315. The number of rotatable bonds is 6. The van der Waals surface area contributed by atoms with Gasteiger partial charge in [-0.25, -0.2) is 9.97 Å². The minimum absolute atomic E-state index is 0.315. The predicted octanol–water partition coefficient (Wildman–Crippen LogP) is 5.08. The molecule has 0 aliphatic heterocycles. The Morgan fingerprint density at radius 1 is 0.917 bits per heavy atom. The van der Waals surface area contributed by atoms with Gasteiger partial charge in [-0.05, 0) is 22.3 Å². The van der Waals surface area contributed by atoms with Crippen LogP contribution in [0.5, 0.6) is 0 Å². The van der Waals surface area contributed by atoms with E-state index in [0.717, 1.165) is 27.8 Å². The summed E-state index contributed by atoms with van der Waals surface area (Å²) in [6.45, 7) is 4.41. The zero-order valence-corrected chi connectivity index (χ0v) is 13.9. The van der Waals surface area contributed by atoms with Gasteiger partial charge < -0.3 is 4.74 Å². The summed E-state index contributed by atoms with van der Waals surface area (Å²) in [5.41, 5.74) is 5.35. The summed E-state index contributed by atoms with van der Waals surface area (Å²) in [6, 6.07) is 16.4. The van der Waals surface area contributed by atoms with Gasteiger partial charge in [-0.2, -0.15) is 0 Å². The molecule has 0 unspecified atom stereocenters. The summed E-state index contributed by atoms with van der Waals surface area (Å²) in [7, 11) is 0. The number of ether oxygens (including phenoxy) is 1. The lowest BCUT2D eigenvalue weighted by Crippen LogP contribution is -2.00. The molecule has 0 spiro atoms. The van der Waals surface area contributed by atoms with E-state index in [1.165, 1.54) is 6.33 Å². The molecular weight excluding hydrogens is 320 g/mol. The number of halogens is 1. The SMILES string of the molecule is C=C(Cl)COCc1c(-c2ccccc2)cccc1-c1cncnc1. The van der Waals surface area contributed by atoms with Gasteiger partial charge in [0.1, 0.15) is 6.33 Å². The van der Waals surface area contributed by atoms with Crippen molar-refractivity contribution in [1.29, 1.82) is 0 Å². The van der Waals surface area contributed by atoms with E-state index < -0.39 is 0 Å². The van der Waals surface area contributed by atoms with Crippen LogP contribution >= 0.6 is 11.6 Å². The molecule has 3 aromatic rings. The molecule has 2 aromatic carbocycles. The van der Waals surface area contributed by atoms with E-state index >= 15 is 0 Å². The van der Waals surface area contributed by atoms with E-state index in [0.29, 0.717) is 18.2 Å². The Morgan fingerprint density at radius 2 is 1.58 bits per heavy atom. The minimum Gasteiger partial charge on any atom is -0.371 e. The second-order valence-electron chi connectivity index (χ2n) is 5.33. The summed E-state index contributed by atoms with van der Waals surface area (Å²) < 4.78 is 5.73. The fourth-order valence-corrected chi connectivity index (χ4v) is 2.68. The lowest BCUT2D eigenvalue weighted by atomic mass is 9.93. The van der Waals surface area contributed by atoms with Gasteiger partial charge in [0.25, 0.3) is 0 Å². The molecule has 0 atom stereocenters. The maximum atomic E-state index is 5.82. The third kappa shape index (κ3) is 3.88. The van der Waals surface area contributed by atoms with Gasteiger partial charge in [-0.15, -0.1) is 0 Å². The fraction of sp³-hybridized carbons (Fsp3) is 0.100. The first-order chi connectivity index (χ1) is 11.8. The topological polar surface area (TPSA) is 35.0 Å². The Labute approximate surface area is 146 Å². The quantitative estimate of drug-likeness (QED) is 0.629. The third-order valence-corrected chi connectivity index (χ3v) is 3.75. The number of aromatic nitrogens is 2. The molecule has 3 rings (SSSR count). The molecule has 120 valence electrons. The molecule has 24 heavy (non-hydrogen) atoms. The molecule has 3 nitrogen and oxygen atoms in total. The van der Waals surface area contributed by atoms with Crippen molar-refractivity contribution in [3.05, 3.63) is 84.4 Å². The van der Waals surface area contributed by atoms with Gasteiger partial charge in [0.05, 0.1) is 13.2 Å². The molecule has 0 fully saturated rings. The van der Waals surface area contributed by atoms with Crippen molar-refractivity contribution in [3.8, 4) is 22.3 Å². The molecule has 0 aliphatic carbocycles. The van der Waals surface area contributed by atoms with Gasteiger partial charge in [0, 0.05) is 23.0 Å². The van der Waals surface area contributed by atoms with Gasteiger partial charge >= 0.3 is 0 Å². The number of nitrogens with zero attached hydrogens (tertiary/aromatic N) is 2. The molecule has 1 heterocycles. The van der Waals surface area contributed by atoms with Gasteiger partial charge in [-0.1, -0.05) is 66.7 Å². The van der Waals surface area contributed by atoms with Crippen molar-refractivity contribution in [2.24, 2.45) is 0 Å². The van der Waals surface area contributed by atoms with Crippen molar-refractivity contribution in [2.45, 2.75) is 6.61 Å². The number of hydrogen-bond acceptors (Lipinski definition) is 3. The Balaban J connectivity index is 2.07. The van der Waals surface area contributed by atoms with Gasteiger partial charge in [-0.3, -0.25) is 0 Å². The monoisotopic (exact) mass is 336 g/mol. The first-order valence-corrected chi connectivity index (χ1v) is 7.97. The second kappa shape index (κ2) is 7.86. The van der Waals surface area contributed by atoms with Crippen molar-refractivity contribution in [2.75, 3.05) is 6.61 Å². The average molecular weight is 337 g/mol. The van der Waals surface area contributed by atoms with E-state index in [2.05, 4.69) is 40.8 Å². The van der Waals surface area contributed by atoms with E-state index in [-0.39, 0.29) is 0 Å². The van der Waals surface area contributed by atoms with Crippen LogP contribution < -0.4 is 0 Å². The molecule has 0 aliphatic rings. The summed E-state index contributed by atoms with van der Waals surface area (Å²) in [4.78, 5) is 8.25. The summed E-state index contributed by atoms with van der Waals surface area (Å²) in [6.07, 6.45) is 5.14. The maximum absolute atomic E-state index is 5.82. The fourth-order valence-electron chi connectivity index (χ4n) is 2.60. The Morgan fingerprint density at radius 3 is 2.25 bits per heavy atom. The summed E-state index contributed by atoms with van der Waals surface area (Å²) in [5.74, 6) is 0. The highest BCUT2D eigenvalue weighted by Crippen LogP contribution is 2.32. The molecule has 0 N–H and O–H groups in total. The highest BCUT2D eigenvalue weighted by molar-refractivity contribution is 6.29. The van der Waals surface area contributed by atoms with E-state index in [4.69, 9.17) is 16.3 Å². The lowest BCUT2D eigenvalue weighted by Gasteiger charge is -2.15. The Bertz CT molecular complexity index is 762. The van der Waals surface area contributed by atoms with Crippen LogP contribution in [0.4, 0.5) is 0 Å². The summed E-state index contributed by atoms with van der Waals surface area (Å²) >= 11 is 5.82. The Hall–Kier alpha value is -2.49. The molecule has 4 heteroatoms. The van der Waals surface area contributed by atoms with Crippen LogP contribution in [-0.2, 0) is 11.3 Å². The highest BCUT2D eigenvalue weighted by atomic mass is 35.5. The zero-order chi connectivity index (χ0) is 16.8. The predicted molar refractivity (Wildman–Crippen MR) is 97.6 cm³/mol.